The number of nitriles is 1. The van der Waals surface area contributed by atoms with Crippen molar-refractivity contribution in [2.24, 2.45) is 0 Å². The van der Waals surface area contributed by atoms with Gasteiger partial charge in [-0.2, -0.15) is 5.26 Å². The monoisotopic (exact) mass is 328 g/mol. The lowest BCUT2D eigenvalue weighted by Gasteiger charge is -2.16. The molecule has 0 aliphatic rings. The molecular formula is C18H20N2O2S. The van der Waals surface area contributed by atoms with Gasteiger partial charge in [0.15, 0.2) is 11.5 Å². The van der Waals surface area contributed by atoms with Gasteiger partial charge in [-0.05, 0) is 36.1 Å². The van der Waals surface area contributed by atoms with E-state index in [1.54, 1.807) is 12.1 Å². The van der Waals surface area contributed by atoms with Crippen molar-refractivity contribution in [3.05, 3.63) is 39.7 Å². The van der Waals surface area contributed by atoms with E-state index in [0.717, 1.165) is 41.6 Å². The molecule has 2 rings (SSSR count). The van der Waals surface area contributed by atoms with Gasteiger partial charge < -0.3 is 14.8 Å². The summed E-state index contributed by atoms with van der Waals surface area (Å²) >= 11 is 5.36. The third-order valence-electron chi connectivity index (χ3n) is 3.84. The molecule has 0 bridgehead atoms. The number of aromatic hydroxyl groups is 1. The molecule has 1 aromatic heterocycles. The first kappa shape index (κ1) is 17.0. The van der Waals surface area contributed by atoms with Crippen LogP contribution in [0.15, 0.2) is 18.2 Å². The minimum atomic E-state index is 0.0479. The fourth-order valence-electron chi connectivity index (χ4n) is 2.81. The van der Waals surface area contributed by atoms with E-state index in [0.29, 0.717) is 16.0 Å². The lowest BCUT2D eigenvalue weighted by molar-refractivity contribution is 0.373. The number of rotatable bonds is 5. The third kappa shape index (κ3) is 3.22. The van der Waals surface area contributed by atoms with E-state index in [1.807, 2.05) is 6.07 Å². The van der Waals surface area contributed by atoms with Crippen molar-refractivity contribution in [2.45, 2.75) is 33.1 Å². The molecule has 23 heavy (non-hydrogen) atoms. The molecule has 5 heteroatoms. The largest absolute Gasteiger partial charge is 0.504 e. The van der Waals surface area contributed by atoms with Crippen LogP contribution >= 0.6 is 12.2 Å². The van der Waals surface area contributed by atoms with E-state index in [4.69, 9.17) is 17.0 Å². The Morgan fingerprint density at radius 1 is 1.35 bits per heavy atom. The van der Waals surface area contributed by atoms with Gasteiger partial charge in [0, 0.05) is 11.3 Å². The molecule has 120 valence electrons. The first-order chi connectivity index (χ1) is 11.1. The Bertz CT molecular complexity index is 819. The zero-order valence-corrected chi connectivity index (χ0v) is 14.4. The molecule has 0 saturated carbocycles. The van der Waals surface area contributed by atoms with Gasteiger partial charge in [-0.15, -0.1) is 0 Å². The quantitative estimate of drug-likeness (QED) is 0.792. The standard InChI is InChI=1S/C18H20N2O2S/c1-4-6-14-12(5-2)17(13(10-19)18(23)20-14)11-7-8-16(22-3)15(21)9-11/h7-9,21H,4-6H2,1-3H3,(H,20,23). The molecule has 0 fully saturated rings. The second-order valence-corrected chi connectivity index (χ2v) is 5.67. The number of benzene rings is 1. The van der Waals surface area contributed by atoms with Crippen molar-refractivity contribution in [1.82, 2.24) is 4.98 Å². The summed E-state index contributed by atoms with van der Waals surface area (Å²) in [4.78, 5) is 3.20. The number of aromatic nitrogens is 1. The Labute approximate surface area is 141 Å². The lowest BCUT2D eigenvalue weighted by Crippen LogP contribution is -2.04. The lowest BCUT2D eigenvalue weighted by atomic mass is 9.92. The number of phenols is 1. The van der Waals surface area contributed by atoms with E-state index in [-0.39, 0.29) is 5.75 Å². The molecular weight excluding hydrogens is 308 g/mol. The molecule has 0 saturated heterocycles. The normalized spacial score (nSPS) is 10.3. The van der Waals surface area contributed by atoms with Crippen LogP contribution in [0.4, 0.5) is 0 Å². The van der Waals surface area contributed by atoms with Crippen molar-refractivity contribution < 1.29 is 9.84 Å². The predicted molar refractivity (Wildman–Crippen MR) is 93.4 cm³/mol. The average molecular weight is 328 g/mol. The third-order valence-corrected chi connectivity index (χ3v) is 4.15. The Morgan fingerprint density at radius 2 is 2.09 bits per heavy atom. The summed E-state index contributed by atoms with van der Waals surface area (Å²) in [6.45, 7) is 4.16. The zero-order chi connectivity index (χ0) is 17.0. The van der Waals surface area contributed by atoms with Gasteiger partial charge in [0.2, 0.25) is 0 Å². The highest BCUT2D eigenvalue weighted by Gasteiger charge is 2.17. The van der Waals surface area contributed by atoms with Gasteiger partial charge in [0.25, 0.3) is 0 Å². The second-order valence-electron chi connectivity index (χ2n) is 5.26. The Hall–Kier alpha value is -2.32. The average Bonchev–Trinajstić information content (AvgIpc) is 2.54. The van der Waals surface area contributed by atoms with Gasteiger partial charge in [0.1, 0.15) is 10.7 Å². The van der Waals surface area contributed by atoms with Crippen molar-refractivity contribution >= 4 is 12.2 Å². The number of phenolic OH excluding ortho intramolecular Hbond substituents is 1. The van der Waals surface area contributed by atoms with Crippen molar-refractivity contribution in [1.29, 1.82) is 5.26 Å². The zero-order valence-electron chi connectivity index (χ0n) is 13.6. The van der Waals surface area contributed by atoms with Crippen molar-refractivity contribution in [3.63, 3.8) is 0 Å². The fourth-order valence-corrected chi connectivity index (χ4v) is 3.09. The van der Waals surface area contributed by atoms with Gasteiger partial charge in [-0.25, -0.2) is 0 Å². The number of hydrogen-bond donors (Lipinski definition) is 2. The van der Waals surface area contributed by atoms with E-state index < -0.39 is 0 Å². The van der Waals surface area contributed by atoms with Crippen LogP contribution < -0.4 is 4.74 Å². The van der Waals surface area contributed by atoms with Gasteiger partial charge >= 0.3 is 0 Å². The van der Waals surface area contributed by atoms with Crippen LogP contribution in [0.1, 0.15) is 37.1 Å². The maximum atomic E-state index is 10.1. The smallest absolute Gasteiger partial charge is 0.160 e. The maximum absolute atomic E-state index is 10.1. The summed E-state index contributed by atoms with van der Waals surface area (Å²) in [5, 5.41) is 19.6. The van der Waals surface area contributed by atoms with Crippen LogP contribution in [0.5, 0.6) is 11.5 Å². The number of nitrogens with one attached hydrogen (secondary N) is 1. The minimum absolute atomic E-state index is 0.0479. The second kappa shape index (κ2) is 7.30. The van der Waals surface area contributed by atoms with Crippen LogP contribution in [0, 0.1) is 16.0 Å². The molecule has 2 aromatic rings. The van der Waals surface area contributed by atoms with Crippen LogP contribution in [-0.4, -0.2) is 17.2 Å². The number of ether oxygens (including phenoxy) is 1. The highest BCUT2D eigenvalue weighted by molar-refractivity contribution is 7.71. The number of nitrogens with zero attached hydrogens (tertiary/aromatic N) is 1. The number of hydrogen-bond acceptors (Lipinski definition) is 4. The summed E-state index contributed by atoms with van der Waals surface area (Å²) in [6, 6.07) is 7.37. The molecule has 4 nitrogen and oxygen atoms in total. The van der Waals surface area contributed by atoms with E-state index in [1.165, 1.54) is 7.11 Å². The minimum Gasteiger partial charge on any atom is -0.504 e. The fraction of sp³-hybridized carbons (Fsp3) is 0.333. The van der Waals surface area contributed by atoms with Crippen LogP contribution in [-0.2, 0) is 12.8 Å². The summed E-state index contributed by atoms with van der Waals surface area (Å²) < 4.78 is 5.54. The predicted octanol–water partition coefficient (Wildman–Crippen LogP) is 4.51. The molecule has 0 radical (unpaired) electrons. The number of aromatic amines is 1. The Balaban J connectivity index is 2.80. The van der Waals surface area contributed by atoms with Gasteiger partial charge in [-0.3, -0.25) is 0 Å². The molecule has 1 aromatic carbocycles. The summed E-state index contributed by atoms with van der Waals surface area (Å²) in [5.41, 5.74) is 4.15. The molecule has 0 unspecified atom stereocenters. The number of pyridine rings is 1. The maximum Gasteiger partial charge on any atom is 0.160 e. The number of H-pyrrole nitrogens is 1. The first-order valence-electron chi connectivity index (χ1n) is 7.62. The van der Waals surface area contributed by atoms with E-state index in [9.17, 15) is 10.4 Å². The van der Waals surface area contributed by atoms with Crippen LogP contribution in [0.25, 0.3) is 11.1 Å². The van der Waals surface area contributed by atoms with Crippen LogP contribution in [0.3, 0.4) is 0 Å². The number of aryl methyl sites for hydroxylation is 1. The molecule has 0 atom stereocenters. The highest BCUT2D eigenvalue weighted by atomic mass is 32.1. The van der Waals surface area contributed by atoms with Gasteiger partial charge in [-0.1, -0.05) is 38.6 Å². The van der Waals surface area contributed by atoms with Crippen molar-refractivity contribution in [3.8, 4) is 28.7 Å². The van der Waals surface area contributed by atoms with Gasteiger partial charge in [0.05, 0.1) is 12.7 Å². The van der Waals surface area contributed by atoms with E-state index in [2.05, 4.69) is 24.9 Å². The molecule has 2 N–H and O–H groups in total. The molecule has 0 amide bonds. The Morgan fingerprint density at radius 3 is 2.61 bits per heavy atom. The molecule has 1 heterocycles. The number of methoxy groups -OCH3 is 1. The molecule has 0 aliphatic carbocycles. The van der Waals surface area contributed by atoms with Crippen molar-refractivity contribution in [2.75, 3.05) is 7.11 Å². The Kier molecular flexibility index (Phi) is 5.41. The summed E-state index contributed by atoms with van der Waals surface area (Å²) in [7, 11) is 1.51. The van der Waals surface area contributed by atoms with E-state index >= 15 is 0 Å². The SMILES string of the molecule is CCCc1[nH]c(=S)c(C#N)c(-c2ccc(OC)c(O)c2)c1CC. The topological polar surface area (TPSA) is 69.0 Å². The molecule has 0 spiro atoms. The summed E-state index contributed by atoms with van der Waals surface area (Å²) in [5.74, 6) is 0.451. The molecule has 0 aliphatic heterocycles. The highest BCUT2D eigenvalue weighted by Crippen LogP contribution is 2.36. The van der Waals surface area contributed by atoms with Crippen LogP contribution in [0.2, 0.25) is 0 Å². The summed E-state index contributed by atoms with van der Waals surface area (Å²) in [6.07, 6.45) is 2.63. The first-order valence-corrected chi connectivity index (χ1v) is 8.03.